The van der Waals surface area contributed by atoms with Crippen LogP contribution in [-0.2, 0) is 20.2 Å². The number of carbonyl (C=O) groups is 1. The van der Waals surface area contributed by atoms with Gasteiger partial charge in [-0.1, -0.05) is 38.6 Å². The molecule has 3 aromatic carbocycles. The van der Waals surface area contributed by atoms with E-state index in [1.54, 1.807) is 6.07 Å². The van der Waals surface area contributed by atoms with Gasteiger partial charge in [0.25, 0.3) is 20.2 Å². The topological polar surface area (TPSA) is 181 Å². The van der Waals surface area contributed by atoms with E-state index in [1.165, 1.54) is 36.4 Å². The van der Waals surface area contributed by atoms with Crippen LogP contribution in [0.2, 0.25) is 0 Å². The van der Waals surface area contributed by atoms with Crippen molar-refractivity contribution in [1.82, 2.24) is 0 Å². The Morgan fingerprint density at radius 2 is 1.53 bits per heavy atom. The van der Waals surface area contributed by atoms with E-state index < -0.39 is 53.2 Å². The van der Waals surface area contributed by atoms with Gasteiger partial charge in [0.05, 0.1) is 11.3 Å². The van der Waals surface area contributed by atoms with Crippen LogP contribution < -0.4 is 20.9 Å². The second kappa shape index (κ2) is 8.45. The summed E-state index contributed by atoms with van der Waals surface area (Å²) >= 11 is 0. The molecule has 1 heterocycles. The Labute approximate surface area is 206 Å². The minimum atomic E-state index is -4.99. The zero-order chi connectivity index (χ0) is 26.7. The Morgan fingerprint density at radius 3 is 2.08 bits per heavy atom. The Bertz CT molecular complexity index is 1790. The van der Waals surface area contributed by atoms with E-state index in [4.69, 9.17) is 10.5 Å². The third-order valence-electron chi connectivity index (χ3n) is 5.81. The van der Waals surface area contributed by atoms with Crippen LogP contribution in [0.5, 0.6) is 11.5 Å². The lowest BCUT2D eigenvalue weighted by atomic mass is 9.87. The van der Waals surface area contributed by atoms with Crippen LogP contribution in [0.15, 0.2) is 52.3 Å². The number of rotatable bonds is 5. The summed E-state index contributed by atoms with van der Waals surface area (Å²) in [5.41, 5.74) is 6.22. The van der Waals surface area contributed by atoms with Gasteiger partial charge in [-0.05, 0) is 46.5 Å². The fourth-order valence-corrected chi connectivity index (χ4v) is 5.72. The van der Waals surface area contributed by atoms with Crippen LogP contribution in [0, 0.1) is 0 Å². The van der Waals surface area contributed by atoms with Crippen molar-refractivity contribution in [1.29, 1.82) is 0 Å². The molecule has 4 rings (SSSR count). The number of anilines is 1. The number of nitrogens with two attached hydrogens (primary N) is 1. The smallest absolute Gasteiger partial charge is 0.336 e. The highest BCUT2D eigenvalue weighted by molar-refractivity contribution is 7.86. The molecular formula is C24H21NO9S2. The third-order valence-corrected chi connectivity index (χ3v) is 7.71. The first-order valence-electron chi connectivity index (χ1n) is 10.4. The molecule has 10 nitrogen and oxygen atoms in total. The summed E-state index contributed by atoms with van der Waals surface area (Å²) in [6.45, 7) is 7.35. The van der Waals surface area contributed by atoms with Crippen LogP contribution in [-0.4, -0.2) is 37.0 Å². The lowest BCUT2D eigenvalue weighted by molar-refractivity contribution is 0.0696. The Balaban J connectivity index is 2.31. The fourth-order valence-electron chi connectivity index (χ4n) is 4.18. The molecule has 0 amide bonds. The van der Waals surface area contributed by atoms with Crippen molar-refractivity contribution in [2.24, 2.45) is 0 Å². The molecule has 3 aromatic rings. The van der Waals surface area contributed by atoms with Crippen LogP contribution in [0.25, 0.3) is 12.2 Å². The molecule has 0 saturated heterocycles. The lowest BCUT2D eigenvalue weighted by Crippen LogP contribution is -2.27. The molecule has 5 N–H and O–H groups in total. The summed E-state index contributed by atoms with van der Waals surface area (Å²) in [5, 5.41) is 9.90. The molecule has 0 atom stereocenters. The minimum Gasteiger partial charge on any atom is -0.478 e. The van der Waals surface area contributed by atoms with E-state index in [2.05, 4.69) is 6.58 Å². The summed E-state index contributed by atoms with van der Waals surface area (Å²) in [5.74, 6) is -2.32. The number of benzene rings is 3. The first kappa shape index (κ1) is 25.4. The molecule has 12 heteroatoms. The van der Waals surface area contributed by atoms with Gasteiger partial charge in [0.15, 0.2) is 16.4 Å². The Hall–Kier alpha value is -3.71. The molecule has 188 valence electrons. The molecular weight excluding hydrogens is 510 g/mol. The number of ether oxygens (including phenoxy) is 1. The van der Waals surface area contributed by atoms with E-state index in [0.717, 1.165) is 0 Å². The molecule has 0 bridgehead atoms. The summed E-state index contributed by atoms with van der Waals surface area (Å²) in [6.07, 6.45) is 0. The summed E-state index contributed by atoms with van der Waals surface area (Å²) in [6, 6.07) is 9.93. The fraction of sp³-hybridized carbons (Fsp3) is 0.125. The molecule has 1 aliphatic rings. The van der Waals surface area contributed by atoms with E-state index in [-0.39, 0.29) is 38.6 Å². The SMILES string of the molecule is C=c1ccc2c(c1S(=O)(=O)O)Oc1c(ccc(N)c1S(=O)(=O)O)C=2c1ccc(C(C)C)cc1C(=O)O. The molecule has 0 fully saturated rings. The predicted molar refractivity (Wildman–Crippen MR) is 131 cm³/mol. The first-order valence-corrected chi connectivity index (χ1v) is 13.3. The van der Waals surface area contributed by atoms with Gasteiger partial charge in [0.2, 0.25) is 0 Å². The summed E-state index contributed by atoms with van der Waals surface area (Å²) in [7, 11) is -9.94. The highest BCUT2D eigenvalue weighted by Gasteiger charge is 2.34. The van der Waals surface area contributed by atoms with Crippen LogP contribution in [0.3, 0.4) is 0 Å². The second-order valence-corrected chi connectivity index (χ2v) is 11.2. The summed E-state index contributed by atoms with van der Waals surface area (Å²) in [4.78, 5) is 10.7. The maximum atomic E-state index is 12.3. The molecule has 0 unspecified atom stereocenters. The molecule has 1 aliphatic heterocycles. The van der Waals surface area contributed by atoms with Gasteiger partial charge in [0, 0.05) is 16.4 Å². The van der Waals surface area contributed by atoms with Crippen molar-refractivity contribution in [3.8, 4) is 11.5 Å². The maximum absolute atomic E-state index is 12.3. The normalized spacial score (nSPS) is 13.2. The third kappa shape index (κ3) is 4.13. The van der Waals surface area contributed by atoms with Gasteiger partial charge >= 0.3 is 5.97 Å². The van der Waals surface area contributed by atoms with Crippen molar-refractivity contribution in [3.63, 3.8) is 0 Å². The average Bonchev–Trinajstić information content (AvgIpc) is 2.74. The van der Waals surface area contributed by atoms with Crippen molar-refractivity contribution < 1.29 is 40.6 Å². The zero-order valence-corrected chi connectivity index (χ0v) is 20.6. The molecule has 0 spiro atoms. The number of aromatic carboxylic acids is 1. The van der Waals surface area contributed by atoms with Crippen LogP contribution in [0.4, 0.5) is 5.69 Å². The predicted octanol–water partition coefficient (Wildman–Crippen LogP) is 2.35. The van der Waals surface area contributed by atoms with Gasteiger partial charge in [-0.2, -0.15) is 16.8 Å². The first-order chi connectivity index (χ1) is 16.6. The van der Waals surface area contributed by atoms with E-state index in [9.17, 15) is 35.8 Å². The zero-order valence-electron chi connectivity index (χ0n) is 19.0. The summed E-state index contributed by atoms with van der Waals surface area (Å²) < 4.78 is 74.5. The standard InChI is InChI=1S/C24H21NO9S2/c1-11(2)13-5-7-14(17(10-13)24(26)27)19-15-6-4-12(3)22(35(28,29)30)20(15)34-21-16(19)8-9-18(25)23(21)36(31,32)33/h4-11H,3,25H2,1-2H3,(H,26,27)(H,28,29,30)(H,31,32,33). The molecule has 0 aliphatic carbocycles. The molecule has 0 radical (unpaired) electrons. The van der Waals surface area contributed by atoms with Crippen LogP contribution in [0.1, 0.15) is 46.8 Å². The quantitative estimate of drug-likeness (QED) is 0.220. The average molecular weight is 532 g/mol. The number of carboxylic acids is 1. The van der Waals surface area contributed by atoms with E-state index >= 15 is 0 Å². The minimum absolute atomic E-state index is 0.0118. The number of hydrogen-bond acceptors (Lipinski definition) is 7. The van der Waals surface area contributed by atoms with E-state index in [1.807, 2.05) is 13.8 Å². The number of hydrogen-bond donors (Lipinski definition) is 4. The van der Waals surface area contributed by atoms with Gasteiger partial charge < -0.3 is 15.6 Å². The molecule has 0 aromatic heterocycles. The monoisotopic (exact) mass is 531 g/mol. The van der Waals surface area contributed by atoms with Crippen molar-refractivity contribution in [3.05, 3.63) is 75.2 Å². The van der Waals surface area contributed by atoms with Gasteiger partial charge in [0.1, 0.15) is 4.90 Å². The van der Waals surface area contributed by atoms with Crippen molar-refractivity contribution in [2.75, 3.05) is 5.73 Å². The number of nitrogen functional groups attached to an aromatic ring is 1. The van der Waals surface area contributed by atoms with Gasteiger partial charge in [-0.25, -0.2) is 4.79 Å². The van der Waals surface area contributed by atoms with Gasteiger partial charge in [-0.3, -0.25) is 9.11 Å². The Kier molecular flexibility index (Phi) is 5.96. The number of fused-ring (bicyclic) bond motifs is 2. The molecule has 36 heavy (non-hydrogen) atoms. The van der Waals surface area contributed by atoms with E-state index in [0.29, 0.717) is 5.56 Å². The Morgan fingerprint density at radius 1 is 0.917 bits per heavy atom. The van der Waals surface area contributed by atoms with Crippen molar-refractivity contribution in [2.45, 2.75) is 29.6 Å². The maximum Gasteiger partial charge on any atom is 0.336 e. The highest BCUT2D eigenvalue weighted by atomic mass is 32.2. The lowest BCUT2D eigenvalue weighted by Gasteiger charge is -2.25. The second-order valence-electron chi connectivity index (χ2n) is 8.48. The molecule has 0 saturated carbocycles. The van der Waals surface area contributed by atoms with Crippen LogP contribution >= 0.6 is 0 Å². The van der Waals surface area contributed by atoms with Crippen molar-refractivity contribution >= 4 is 44.0 Å². The largest absolute Gasteiger partial charge is 0.478 e. The highest BCUT2D eigenvalue weighted by Crippen LogP contribution is 2.44. The van der Waals surface area contributed by atoms with Gasteiger partial charge in [-0.15, -0.1) is 0 Å². The number of carboxylic acid groups (broad SMARTS) is 1.